The fourth-order valence-electron chi connectivity index (χ4n) is 1.89. The lowest BCUT2D eigenvalue weighted by molar-refractivity contribution is -0.113. The molecular formula is C9H10O3. The van der Waals surface area contributed by atoms with Crippen molar-refractivity contribution < 1.29 is 14.3 Å². The van der Waals surface area contributed by atoms with Gasteiger partial charge < -0.3 is 9.47 Å². The number of epoxide rings is 2. The number of hydrogen-bond donors (Lipinski definition) is 0. The molecule has 0 N–H and O–H groups in total. The minimum Gasteiger partial charge on any atom is -0.366 e. The van der Waals surface area contributed by atoms with Gasteiger partial charge in [0, 0.05) is 6.42 Å². The lowest BCUT2D eigenvalue weighted by Gasteiger charge is -1.97. The molecule has 0 aromatic heterocycles. The maximum absolute atomic E-state index is 11.1. The third-order valence-electron chi connectivity index (χ3n) is 2.75. The lowest BCUT2D eigenvalue weighted by atomic mass is 10.1. The molecule has 2 heterocycles. The fraction of sp³-hybridized carbons (Fsp3) is 0.667. The Morgan fingerprint density at radius 1 is 1.50 bits per heavy atom. The van der Waals surface area contributed by atoms with Gasteiger partial charge in [-0.15, -0.1) is 0 Å². The second-order valence-electron chi connectivity index (χ2n) is 3.66. The average Bonchev–Trinajstić information content (AvgIpc) is 2.72. The van der Waals surface area contributed by atoms with Crippen LogP contribution >= 0.6 is 0 Å². The molecule has 12 heavy (non-hydrogen) atoms. The third-order valence-corrected chi connectivity index (χ3v) is 2.75. The smallest absolute Gasteiger partial charge is 0.155 e. The third kappa shape index (κ3) is 0.867. The first kappa shape index (κ1) is 6.80. The Labute approximate surface area is 70.3 Å². The summed E-state index contributed by atoms with van der Waals surface area (Å²) in [6.45, 7) is 1.60. The number of Topliss-reactive ketones (excluding diaryl/α,β-unsaturated/α-hetero) is 1. The number of rotatable bonds is 1. The zero-order valence-corrected chi connectivity index (χ0v) is 6.82. The fourth-order valence-corrected chi connectivity index (χ4v) is 1.89. The van der Waals surface area contributed by atoms with Crippen molar-refractivity contribution in [1.29, 1.82) is 0 Å². The predicted octanol–water partition coefficient (Wildman–Crippen LogP) is 0.440. The van der Waals surface area contributed by atoms with E-state index in [1.807, 2.05) is 6.08 Å². The summed E-state index contributed by atoms with van der Waals surface area (Å²) in [6, 6.07) is 0. The van der Waals surface area contributed by atoms with Crippen LogP contribution in [0.25, 0.3) is 0 Å². The van der Waals surface area contributed by atoms with E-state index < -0.39 is 0 Å². The Kier molecular flexibility index (Phi) is 1.12. The normalized spacial score (nSPS) is 48.2. The summed E-state index contributed by atoms with van der Waals surface area (Å²) in [4.78, 5) is 11.1. The minimum atomic E-state index is 0.153. The molecular weight excluding hydrogens is 156 g/mol. The standard InChI is InChI=1S/C9H10O3/c1-4(10)5-2-6-8(11-6)9-7(3-5)12-9/h2,6-9H,3H2,1H3/t6-,7+,8-,9+/m0/s1. The van der Waals surface area contributed by atoms with Crippen molar-refractivity contribution in [3.63, 3.8) is 0 Å². The molecule has 1 aliphatic carbocycles. The van der Waals surface area contributed by atoms with E-state index in [9.17, 15) is 4.79 Å². The highest BCUT2D eigenvalue weighted by molar-refractivity contribution is 5.93. The van der Waals surface area contributed by atoms with Gasteiger partial charge in [-0.2, -0.15) is 0 Å². The minimum absolute atomic E-state index is 0.153. The van der Waals surface area contributed by atoms with Gasteiger partial charge in [-0.3, -0.25) is 4.79 Å². The number of fused-ring (bicyclic) bond motifs is 3. The summed E-state index contributed by atoms with van der Waals surface area (Å²) in [6.07, 6.45) is 3.72. The second-order valence-corrected chi connectivity index (χ2v) is 3.66. The SMILES string of the molecule is CC(=O)C1=C[C@@H]2O[C@@H]2[C@@H]2O[C@@H]2C1. The van der Waals surface area contributed by atoms with E-state index in [2.05, 4.69) is 0 Å². The number of hydrogen-bond acceptors (Lipinski definition) is 3. The van der Waals surface area contributed by atoms with E-state index in [0.29, 0.717) is 0 Å². The zero-order valence-electron chi connectivity index (χ0n) is 6.82. The van der Waals surface area contributed by atoms with Crippen LogP contribution in [0, 0.1) is 0 Å². The molecule has 0 aromatic carbocycles. The summed E-state index contributed by atoms with van der Waals surface area (Å²) in [5.41, 5.74) is 0.882. The highest BCUT2D eigenvalue weighted by Gasteiger charge is 2.58. The molecule has 64 valence electrons. The van der Waals surface area contributed by atoms with Crippen LogP contribution in [0.2, 0.25) is 0 Å². The largest absolute Gasteiger partial charge is 0.366 e. The molecule has 3 aliphatic rings. The van der Waals surface area contributed by atoms with Crippen LogP contribution in [0.5, 0.6) is 0 Å². The van der Waals surface area contributed by atoms with Crippen molar-refractivity contribution in [2.24, 2.45) is 0 Å². The van der Waals surface area contributed by atoms with Gasteiger partial charge in [-0.1, -0.05) is 0 Å². The van der Waals surface area contributed by atoms with Crippen molar-refractivity contribution in [1.82, 2.24) is 0 Å². The van der Waals surface area contributed by atoms with E-state index in [1.165, 1.54) is 0 Å². The topological polar surface area (TPSA) is 42.1 Å². The van der Waals surface area contributed by atoms with Crippen LogP contribution in [0.4, 0.5) is 0 Å². The molecule has 2 saturated heterocycles. The Hall–Kier alpha value is -0.670. The molecule has 2 fully saturated rings. The Morgan fingerprint density at radius 2 is 2.33 bits per heavy atom. The summed E-state index contributed by atoms with van der Waals surface area (Å²) >= 11 is 0. The van der Waals surface area contributed by atoms with Crippen LogP contribution < -0.4 is 0 Å². The van der Waals surface area contributed by atoms with Crippen molar-refractivity contribution in [3.05, 3.63) is 11.6 Å². The summed E-state index contributed by atoms with van der Waals surface area (Å²) in [5.74, 6) is 0.153. The Morgan fingerprint density at radius 3 is 3.08 bits per heavy atom. The lowest BCUT2D eigenvalue weighted by Crippen LogP contribution is -2.03. The molecule has 0 unspecified atom stereocenters. The number of carbonyl (C=O) groups excluding carboxylic acids is 1. The van der Waals surface area contributed by atoms with Crippen molar-refractivity contribution >= 4 is 5.78 Å². The second kappa shape index (κ2) is 1.98. The summed E-state index contributed by atoms with van der Waals surface area (Å²) in [7, 11) is 0. The summed E-state index contributed by atoms with van der Waals surface area (Å²) in [5, 5.41) is 0. The van der Waals surface area contributed by atoms with Crippen LogP contribution in [-0.2, 0) is 14.3 Å². The van der Waals surface area contributed by atoms with Crippen LogP contribution in [0.15, 0.2) is 11.6 Å². The number of carbonyl (C=O) groups is 1. The van der Waals surface area contributed by atoms with E-state index in [-0.39, 0.29) is 30.2 Å². The Bertz CT molecular complexity index is 281. The molecule has 0 radical (unpaired) electrons. The van der Waals surface area contributed by atoms with Crippen molar-refractivity contribution in [3.8, 4) is 0 Å². The molecule has 3 nitrogen and oxygen atoms in total. The van der Waals surface area contributed by atoms with Crippen LogP contribution in [0.3, 0.4) is 0 Å². The molecule has 0 bridgehead atoms. The first-order valence-electron chi connectivity index (χ1n) is 4.28. The van der Waals surface area contributed by atoms with Crippen LogP contribution in [-0.4, -0.2) is 30.2 Å². The molecule has 4 atom stereocenters. The van der Waals surface area contributed by atoms with Gasteiger partial charge >= 0.3 is 0 Å². The molecule has 3 heteroatoms. The maximum Gasteiger partial charge on any atom is 0.155 e. The first-order valence-corrected chi connectivity index (χ1v) is 4.28. The van der Waals surface area contributed by atoms with Gasteiger partial charge in [-0.25, -0.2) is 0 Å². The zero-order chi connectivity index (χ0) is 8.29. The quantitative estimate of drug-likeness (QED) is 0.531. The highest BCUT2D eigenvalue weighted by Crippen LogP contribution is 2.45. The van der Waals surface area contributed by atoms with Gasteiger partial charge in [0.2, 0.25) is 0 Å². The average molecular weight is 166 g/mol. The molecule has 0 aromatic rings. The van der Waals surface area contributed by atoms with Crippen molar-refractivity contribution in [2.45, 2.75) is 37.8 Å². The Balaban J connectivity index is 1.89. The molecule has 2 aliphatic heterocycles. The molecule has 0 spiro atoms. The summed E-state index contributed by atoms with van der Waals surface area (Å²) < 4.78 is 10.7. The van der Waals surface area contributed by atoms with Crippen LogP contribution in [0.1, 0.15) is 13.3 Å². The highest BCUT2D eigenvalue weighted by atomic mass is 16.7. The monoisotopic (exact) mass is 166 g/mol. The van der Waals surface area contributed by atoms with Gasteiger partial charge in [-0.05, 0) is 18.6 Å². The van der Waals surface area contributed by atoms with Gasteiger partial charge in [0.05, 0.1) is 6.10 Å². The van der Waals surface area contributed by atoms with Crippen molar-refractivity contribution in [2.75, 3.05) is 0 Å². The van der Waals surface area contributed by atoms with E-state index in [0.717, 1.165) is 12.0 Å². The van der Waals surface area contributed by atoms with E-state index in [4.69, 9.17) is 9.47 Å². The number of ether oxygens (including phenoxy) is 2. The predicted molar refractivity (Wildman–Crippen MR) is 40.7 cm³/mol. The molecule has 3 rings (SSSR count). The first-order chi connectivity index (χ1) is 5.75. The molecule has 0 saturated carbocycles. The maximum atomic E-state index is 11.1. The van der Waals surface area contributed by atoms with Gasteiger partial charge in [0.15, 0.2) is 5.78 Å². The van der Waals surface area contributed by atoms with E-state index >= 15 is 0 Å². The number of ketones is 1. The van der Waals surface area contributed by atoms with Gasteiger partial charge in [0.1, 0.15) is 18.3 Å². The van der Waals surface area contributed by atoms with Gasteiger partial charge in [0.25, 0.3) is 0 Å². The molecule has 0 amide bonds. The van der Waals surface area contributed by atoms with E-state index in [1.54, 1.807) is 6.92 Å².